The SMILES string of the molecule is CCCCNC(=O)CN(C)S(=O)(=O)c1cccc([N+](=O)[O-])c1. The van der Waals surface area contributed by atoms with Crippen LogP contribution in [0.4, 0.5) is 5.69 Å². The van der Waals surface area contributed by atoms with E-state index in [-0.39, 0.29) is 17.1 Å². The van der Waals surface area contributed by atoms with Gasteiger partial charge >= 0.3 is 0 Å². The Hall–Kier alpha value is -2.00. The number of nitro groups is 1. The van der Waals surface area contributed by atoms with Gasteiger partial charge in [0.1, 0.15) is 0 Å². The lowest BCUT2D eigenvalue weighted by Gasteiger charge is -2.16. The van der Waals surface area contributed by atoms with Crippen molar-refractivity contribution in [1.29, 1.82) is 0 Å². The third kappa shape index (κ3) is 4.78. The van der Waals surface area contributed by atoms with Gasteiger partial charge in [-0.2, -0.15) is 4.31 Å². The standard InChI is InChI=1S/C13H19N3O5S/c1-3-4-8-14-13(17)10-15(2)22(20,21)12-7-5-6-11(9-12)16(18)19/h5-7,9H,3-4,8,10H2,1-2H3,(H,14,17). The molecule has 0 unspecified atom stereocenters. The zero-order chi connectivity index (χ0) is 16.8. The molecule has 0 saturated carbocycles. The zero-order valence-corrected chi connectivity index (χ0v) is 13.3. The lowest BCUT2D eigenvalue weighted by atomic mass is 10.3. The number of amides is 1. The van der Waals surface area contributed by atoms with Crippen molar-refractivity contribution < 1.29 is 18.1 Å². The molecule has 1 aromatic carbocycles. The predicted molar refractivity (Wildman–Crippen MR) is 80.8 cm³/mol. The Morgan fingerprint density at radius 2 is 2.09 bits per heavy atom. The van der Waals surface area contributed by atoms with Crippen molar-refractivity contribution in [2.75, 3.05) is 20.1 Å². The average molecular weight is 329 g/mol. The molecule has 0 aromatic heterocycles. The second-order valence-electron chi connectivity index (χ2n) is 4.72. The van der Waals surface area contributed by atoms with Crippen LogP contribution in [0.5, 0.6) is 0 Å². The summed E-state index contributed by atoms with van der Waals surface area (Å²) in [6.45, 7) is 2.12. The average Bonchev–Trinajstić information content (AvgIpc) is 2.47. The summed E-state index contributed by atoms with van der Waals surface area (Å²) in [7, 11) is -2.70. The Morgan fingerprint density at radius 1 is 1.41 bits per heavy atom. The number of nitrogens with one attached hydrogen (secondary N) is 1. The van der Waals surface area contributed by atoms with Crippen molar-refractivity contribution in [2.45, 2.75) is 24.7 Å². The van der Waals surface area contributed by atoms with Crippen molar-refractivity contribution in [2.24, 2.45) is 0 Å². The minimum atomic E-state index is -3.95. The van der Waals surface area contributed by atoms with Crippen molar-refractivity contribution >= 4 is 21.6 Å². The Balaban J connectivity index is 2.83. The number of carbonyl (C=O) groups is 1. The molecule has 9 heteroatoms. The molecule has 0 heterocycles. The second-order valence-corrected chi connectivity index (χ2v) is 6.76. The van der Waals surface area contributed by atoms with E-state index >= 15 is 0 Å². The summed E-state index contributed by atoms with van der Waals surface area (Å²) < 4.78 is 25.5. The van der Waals surface area contributed by atoms with E-state index in [1.165, 1.54) is 25.2 Å². The smallest absolute Gasteiger partial charge is 0.270 e. The van der Waals surface area contributed by atoms with Crippen molar-refractivity contribution in [3.05, 3.63) is 34.4 Å². The van der Waals surface area contributed by atoms with Gasteiger partial charge in [-0.25, -0.2) is 8.42 Å². The number of unbranched alkanes of at least 4 members (excludes halogenated alkanes) is 1. The summed E-state index contributed by atoms with van der Waals surface area (Å²) in [5.74, 6) is -0.412. The number of hydrogen-bond acceptors (Lipinski definition) is 5. The monoisotopic (exact) mass is 329 g/mol. The van der Waals surface area contributed by atoms with Gasteiger partial charge in [-0.15, -0.1) is 0 Å². The number of non-ortho nitro benzene ring substituents is 1. The highest BCUT2D eigenvalue weighted by Crippen LogP contribution is 2.19. The minimum Gasteiger partial charge on any atom is -0.355 e. The summed E-state index contributed by atoms with van der Waals surface area (Å²) in [4.78, 5) is 21.5. The maximum absolute atomic E-state index is 12.3. The summed E-state index contributed by atoms with van der Waals surface area (Å²) >= 11 is 0. The van der Waals surface area contributed by atoms with Crippen LogP contribution in [0.3, 0.4) is 0 Å². The summed E-state index contributed by atoms with van der Waals surface area (Å²) in [5, 5.41) is 13.3. The summed E-state index contributed by atoms with van der Waals surface area (Å²) in [6, 6.07) is 4.73. The number of benzene rings is 1. The first-order chi connectivity index (χ1) is 10.3. The number of nitro benzene ring substituents is 1. The first-order valence-corrected chi connectivity index (χ1v) is 8.20. The molecule has 1 rings (SSSR count). The molecule has 0 bridgehead atoms. The maximum Gasteiger partial charge on any atom is 0.270 e. The minimum absolute atomic E-state index is 0.217. The Morgan fingerprint density at radius 3 is 2.68 bits per heavy atom. The van der Waals surface area contributed by atoms with Gasteiger partial charge in [0.25, 0.3) is 5.69 Å². The van der Waals surface area contributed by atoms with Gasteiger partial charge < -0.3 is 5.32 Å². The Bertz CT molecular complexity index is 645. The highest BCUT2D eigenvalue weighted by Gasteiger charge is 2.24. The van der Waals surface area contributed by atoms with Crippen LogP contribution in [0.1, 0.15) is 19.8 Å². The molecule has 22 heavy (non-hydrogen) atoms. The molecule has 0 fully saturated rings. The van der Waals surface area contributed by atoms with Gasteiger partial charge in [0.2, 0.25) is 15.9 Å². The molecular weight excluding hydrogens is 310 g/mol. The fourth-order valence-electron chi connectivity index (χ4n) is 1.69. The lowest BCUT2D eigenvalue weighted by Crippen LogP contribution is -2.38. The first-order valence-electron chi connectivity index (χ1n) is 6.76. The van der Waals surface area contributed by atoms with Gasteiger partial charge in [-0.05, 0) is 12.5 Å². The molecule has 0 spiro atoms. The number of nitrogens with zero attached hydrogens (tertiary/aromatic N) is 2. The maximum atomic E-state index is 12.3. The molecule has 0 aliphatic rings. The molecule has 0 aliphatic carbocycles. The highest BCUT2D eigenvalue weighted by molar-refractivity contribution is 7.89. The van der Waals surface area contributed by atoms with Crippen molar-refractivity contribution in [1.82, 2.24) is 9.62 Å². The van der Waals surface area contributed by atoms with Crippen LogP contribution < -0.4 is 5.32 Å². The van der Waals surface area contributed by atoms with Crippen LogP contribution in [0.25, 0.3) is 0 Å². The van der Waals surface area contributed by atoms with Gasteiger partial charge in [0.15, 0.2) is 0 Å². The number of carbonyl (C=O) groups excluding carboxylic acids is 1. The Labute approximate surface area is 129 Å². The highest BCUT2D eigenvalue weighted by atomic mass is 32.2. The lowest BCUT2D eigenvalue weighted by molar-refractivity contribution is -0.385. The molecule has 0 radical (unpaired) electrons. The third-order valence-corrected chi connectivity index (χ3v) is 4.75. The van der Waals surface area contributed by atoms with Gasteiger partial charge in [-0.1, -0.05) is 19.4 Å². The van der Waals surface area contributed by atoms with Gasteiger partial charge in [0.05, 0.1) is 16.4 Å². The molecule has 1 N–H and O–H groups in total. The quantitative estimate of drug-likeness (QED) is 0.437. The fourth-order valence-corrected chi connectivity index (χ4v) is 2.85. The predicted octanol–water partition coefficient (Wildman–Crippen LogP) is 1.13. The van der Waals surface area contributed by atoms with Gasteiger partial charge in [-0.3, -0.25) is 14.9 Å². The second kappa shape index (κ2) is 7.85. The van der Waals surface area contributed by atoms with Crippen LogP contribution in [-0.2, 0) is 14.8 Å². The number of hydrogen-bond donors (Lipinski definition) is 1. The number of rotatable bonds is 8. The van der Waals surface area contributed by atoms with E-state index in [2.05, 4.69) is 5.32 Å². The van der Waals surface area contributed by atoms with E-state index in [1.807, 2.05) is 6.92 Å². The number of likely N-dealkylation sites (N-methyl/N-ethyl adjacent to an activating group) is 1. The van der Waals surface area contributed by atoms with E-state index in [1.54, 1.807) is 0 Å². The first kappa shape index (κ1) is 18.1. The van der Waals surface area contributed by atoms with Crippen LogP contribution >= 0.6 is 0 Å². The Kier molecular flexibility index (Phi) is 6.44. The normalized spacial score (nSPS) is 11.4. The van der Waals surface area contributed by atoms with Gasteiger partial charge in [0, 0.05) is 25.7 Å². The molecule has 0 saturated heterocycles. The molecular formula is C13H19N3O5S. The van der Waals surface area contributed by atoms with Crippen LogP contribution in [0.15, 0.2) is 29.2 Å². The van der Waals surface area contributed by atoms with Crippen LogP contribution in [0.2, 0.25) is 0 Å². The molecule has 0 aliphatic heterocycles. The van der Waals surface area contributed by atoms with Crippen LogP contribution in [-0.4, -0.2) is 43.7 Å². The summed E-state index contributed by atoms with van der Waals surface area (Å²) in [5.41, 5.74) is -0.318. The van der Waals surface area contributed by atoms with Crippen molar-refractivity contribution in [3.63, 3.8) is 0 Å². The molecule has 122 valence electrons. The van der Waals surface area contributed by atoms with E-state index in [9.17, 15) is 23.3 Å². The topological polar surface area (TPSA) is 110 Å². The zero-order valence-electron chi connectivity index (χ0n) is 12.5. The summed E-state index contributed by atoms with van der Waals surface area (Å²) in [6.07, 6.45) is 1.73. The van der Waals surface area contributed by atoms with E-state index in [0.717, 1.165) is 23.2 Å². The van der Waals surface area contributed by atoms with Crippen LogP contribution in [0, 0.1) is 10.1 Å². The van der Waals surface area contributed by atoms with E-state index in [4.69, 9.17) is 0 Å². The molecule has 1 aromatic rings. The molecule has 1 amide bonds. The van der Waals surface area contributed by atoms with E-state index in [0.29, 0.717) is 6.54 Å². The third-order valence-electron chi connectivity index (χ3n) is 2.96. The number of sulfonamides is 1. The van der Waals surface area contributed by atoms with E-state index < -0.39 is 20.9 Å². The molecule has 8 nitrogen and oxygen atoms in total. The van der Waals surface area contributed by atoms with Crippen molar-refractivity contribution in [3.8, 4) is 0 Å². The largest absolute Gasteiger partial charge is 0.355 e. The molecule has 0 atom stereocenters. The fraction of sp³-hybridized carbons (Fsp3) is 0.462.